The minimum atomic E-state index is -3.81. The van der Waals surface area contributed by atoms with Gasteiger partial charge >= 0.3 is 0 Å². The molecule has 1 unspecified atom stereocenters. The summed E-state index contributed by atoms with van der Waals surface area (Å²) in [6.45, 7) is 2.64. The third kappa shape index (κ3) is 3.63. The van der Waals surface area contributed by atoms with E-state index in [2.05, 4.69) is 26.0 Å². The van der Waals surface area contributed by atoms with E-state index in [1.807, 2.05) is 13.0 Å². The first kappa shape index (κ1) is 17.4. The number of nitrogens with one attached hydrogen (secondary N) is 2. The second kappa shape index (κ2) is 6.82. The lowest BCUT2D eigenvalue weighted by atomic mass is 10.2. The molecule has 1 aliphatic heterocycles. The van der Waals surface area contributed by atoms with Crippen molar-refractivity contribution >= 4 is 48.9 Å². The molecule has 0 aliphatic carbocycles. The second-order valence-electron chi connectivity index (χ2n) is 5.42. The Hall–Kier alpha value is -1.44. The first-order valence-electron chi connectivity index (χ1n) is 7.41. The van der Waals surface area contributed by atoms with Crippen molar-refractivity contribution in [3.05, 3.63) is 45.9 Å². The maximum Gasteiger partial charge on any atom is 0.265 e. The lowest BCUT2D eigenvalue weighted by Crippen LogP contribution is -2.31. The van der Waals surface area contributed by atoms with Gasteiger partial charge in [0.1, 0.15) is 11.0 Å². The van der Waals surface area contributed by atoms with Crippen LogP contribution in [0.25, 0.3) is 0 Å². The topological polar surface area (TPSA) is 67.4 Å². The van der Waals surface area contributed by atoms with E-state index in [1.54, 1.807) is 24.3 Å². The molecule has 0 bridgehead atoms. The van der Waals surface area contributed by atoms with Crippen LogP contribution in [-0.2, 0) is 10.0 Å². The molecule has 128 valence electrons. The van der Waals surface area contributed by atoms with Crippen LogP contribution in [0.15, 0.2) is 45.8 Å². The van der Waals surface area contributed by atoms with Crippen LogP contribution in [0.5, 0.6) is 5.75 Å². The largest absolute Gasteiger partial charge is 0.485 e. The molecule has 5 nitrogen and oxygen atoms in total. The van der Waals surface area contributed by atoms with Crippen molar-refractivity contribution in [2.75, 3.05) is 16.6 Å². The highest BCUT2D eigenvalue weighted by Crippen LogP contribution is 2.39. The highest BCUT2D eigenvalue weighted by Gasteiger charge is 2.28. The highest BCUT2D eigenvalue weighted by molar-refractivity contribution is 9.10. The zero-order valence-corrected chi connectivity index (χ0v) is 16.0. The molecule has 0 amide bonds. The van der Waals surface area contributed by atoms with E-state index >= 15 is 0 Å². The molecule has 3 rings (SSSR count). The maximum absolute atomic E-state index is 12.8. The molecule has 0 fully saturated rings. The second-order valence-corrected chi connectivity index (χ2v) is 8.42. The van der Waals surface area contributed by atoms with Crippen LogP contribution in [0.3, 0.4) is 0 Å². The van der Waals surface area contributed by atoms with Gasteiger partial charge in [0.2, 0.25) is 0 Å². The van der Waals surface area contributed by atoms with E-state index in [0.717, 1.165) is 6.42 Å². The van der Waals surface area contributed by atoms with Gasteiger partial charge in [-0.15, -0.1) is 0 Å². The number of ether oxygens (including phenoxy) is 1. The number of hydrogen-bond acceptors (Lipinski definition) is 4. The summed E-state index contributed by atoms with van der Waals surface area (Å²) in [4.78, 5) is 0.0903. The molecule has 0 aromatic heterocycles. The van der Waals surface area contributed by atoms with Gasteiger partial charge in [0.25, 0.3) is 10.0 Å². The Morgan fingerprint density at radius 3 is 2.71 bits per heavy atom. The summed E-state index contributed by atoms with van der Waals surface area (Å²) in [7, 11) is -3.81. The molecule has 0 spiro atoms. The van der Waals surface area contributed by atoms with Gasteiger partial charge in [-0.2, -0.15) is 0 Å². The van der Waals surface area contributed by atoms with E-state index in [1.165, 1.54) is 6.07 Å². The minimum Gasteiger partial charge on any atom is -0.485 e. The summed E-state index contributed by atoms with van der Waals surface area (Å²) < 4.78 is 34.8. The summed E-state index contributed by atoms with van der Waals surface area (Å²) in [6.07, 6.45) is 0.718. The molecule has 8 heteroatoms. The lowest BCUT2D eigenvalue weighted by molar-refractivity contribution is 0.196. The molecule has 1 atom stereocenters. The van der Waals surface area contributed by atoms with Crippen LogP contribution < -0.4 is 14.8 Å². The Bertz CT molecular complexity index is 856. The van der Waals surface area contributed by atoms with Crippen LogP contribution >= 0.6 is 27.5 Å². The SMILES string of the molecule is CCC1CNc2cc(Br)cc(S(=O)(=O)Nc3ccc(Cl)cc3)c2O1. The third-order valence-corrected chi connectivity index (χ3v) is 5.76. The Labute approximate surface area is 154 Å². The number of rotatable bonds is 4. The number of fused-ring (bicyclic) bond motifs is 1. The molecule has 2 N–H and O–H groups in total. The van der Waals surface area contributed by atoms with Crippen molar-refractivity contribution in [1.29, 1.82) is 0 Å². The molecule has 0 saturated carbocycles. The van der Waals surface area contributed by atoms with E-state index in [0.29, 0.717) is 33.2 Å². The van der Waals surface area contributed by atoms with Gasteiger partial charge in [-0.3, -0.25) is 4.72 Å². The van der Waals surface area contributed by atoms with Gasteiger partial charge in [-0.05, 0) is 42.8 Å². The quantitative estimate of drug-likeness (QED) is 0.748. The zero-order valence-electron chi connectivity index (χ0n) is 12.8. The number of halogens is 2. The average Bonchev–Trinajstić information content (AvgIpc) is 2.55. The van der Waals surface area contributed by atoms with Crippen molar-refractivity contribution in [1.82, 2.24) is 0 Å². The summed E-state index contributed by atoms with van der Waals surface area (Å²) in [5.74, 6) is 0.345. The average molecular weight is 432 g/mol. The summed E-state index contributed by atoms with van der Waals surface area (Å²) in [6, 6.07) is 9.82. The fourth-order valence-electron chi connectivity index (χ4n) is 2.41. The Morgan fingerprint density at radius 1 is 1.33 bits per heavy atom. The molecule has 1 aliphatic rings. The van der Waals surface area contributed by atoms with E-state index < -0.39 is 10.0 Å². The summed E-state index contributed by atoms with van der Waals surface area (Å²) in [5, 5.41) is 3.76. The van der Waals surface area contributed by atoms with Crippen LogP contribution in [0, 0.1) is 0 Å². The fourth-order valence-corrected chi connectivity index (χ4v) is 4.38. The van der Waals surface area contributed by atoms with E-state index in [9.17, 15) is 8.42 Å². The summed E-state index contributed by atoms with van der Waals surface area (Å²) in [5.41, 5.74) is 1.09. The van der Waals surface area contributed by atoms with Crippen molar-refractivity contribution in [2.24, 2.45) is 0 Å². The van der Waals surface area contributed by atoms with Gasteiger partial charge in [-0.1, -0.05) is 34.5 Å². The monoisotopic (exact) mass is 430 g/mol. The predicted octanol–water partition coefficient (Wildman–Crippen LogP) is 4.49. The molecule has 2 aromatic carbocycles. The molecular formula is C16H16BrClN2O3S. The van der Waals surface area contributed by atoms with Crippen LogP contribution in [0.2, 0.25) is 5.02 Å². The minimum absolute atomic E-state index is 0.0665. The molecule has 1 heterocycles. The first-order valence-corrected chi connectivity index (χ1v) is 10.1. The number of anilines is 2. The molecule has 0 radical (unpaired) electrons. The highest BCUT2D eigenvalue weighted by atomic mass is 79.9. The van der Waals surface area contributed by atoms with Crippen molar-refractivity contribution < 1.29 is 13.2 Å². The predicted molar refractivity (Wildman–Crippen MR) is 99.6 cm³/mol. The maximum atomic E-state index is 12.8. The van der Waals surface area contributed by atoms with Gasteiger partial charge < -0.3 is 10.1 Å². The number of hydrogen-bond donors (Lipinski definition) is 2. The van der Waals surface area contributed by atoms with Crippen LogP contribution in [0.4, 0.5) is 11.4 Å². The van der Waals surface area contributed by atoms with Crippen LogP contribution in [0.1, 0.15) is 13.3 Å². The number of sulfonamides is 1. The van der Waals surface area contributed by atoms with Gasteiger partial charge in [-0.25, -0.2) is 8.42 Å². The smallest absolute Gasteiger partial charge is 0.265 e. The van der Waals surface area contributed by atoms with E-state index in [-0.39, 0.29) is 11.0 Å². The molecule has 2 aromatic rings. The molecular weight excluding hydrogens is 416 g/mol. The van der Waals surface area contributed by atoms with Gasteiger partial charge in [0, 0.05) is 15.2 Å². The molecule has 0 saturated heterocycles. The van der Waals surface area contributed by atoms with Crippen molar-refractivity contribution in [3.63, 3.8) is 0 Å². The fraction of sp³-hybridized carbons (Fsp3) is 0.250. The Morgan fingerprint density at radius 2 is 2.04 bits per heavy atom. The van der Waals surface area contributed by atoms with Gasteiger partial charge in [0.15, 0.2) is 5.75 Å². The van der Waals surface area contributed by atoms with Crippen molar-refractivity contribution in [2.45, 2.75) is 24.3 Å². The van der Waals surface area contributed by atoms with Crippen LogP contribution in [-0.4, -0.2) is 21.1 Å². The Balaban J connectivity index is 2.01. The van der Waals surface area contributed by atoms with Gasteiger partial charge in [0.05, 0.1) is 12.2 Å². The Kier molecular flexibility index (Phi) is 4.94. The van der Waals surface area contributed by atoms with E-state index in [4.69, 9.17) is 16.3 Å². The molecule has 24 heavy (non-hydrogen) atoms. The normalized spacial score (nSPS) is 16.7. The lowest BCUT2D eigenvalue weighted by Gasteiger charge is -2.28. The third-order valence-electron chi connectivity index (χ3n) is 3.67. The zero-order chi connectivity index (χ0) is 17.3. The standard InChI is InChI=1S/C16H16BrClN2O3S/c1-2-13-9-19-14-7-10(17)8-15(16(14)23-13)24(21,22)20-12-5-3-11(18)4-6-12/h3-8,13,19-20H,2,9H2,1H3. The first-order chi connectivity index (χ1) is 11.4. The summed E-state index contributed by atoms with van der Waals surface area (Å²) >= 11 is 9.19. The number of benzene rings is 2. The van der Waals surface area contributed by atoms with Crippen molar-refractivity contribution in [3.8, 4) is 5.75 Å².